The summed E-state index contributed by atoms with van der Waals surface area (Å²) < 4.78 is 15.0. The molecule has 0 radical (unpaired) electrons. The summed E-state index contributed by atoms with van der Waals surface area (Å²) >= 11 is 0. The van der Waals surface area contributed by atoms with Crippen LogP contribution >= 0.6 is 0 Å². The van der Waals surface area contributed by atoms with Crippen molar-refractivity contribution in [3.05, 3.63) is 90.7 Å². The molecule has 0 bridgehead atoms. The molecular weight excluding hydrogens is 313 g/mol. The number of anilines is 1. The van der Waals surface area contributed by atoms with Gasteiger partial charge in [0.05, 0.1) is 5.69 Å². The van der Waals surface area contributed by atoms with Gasteiger partial charge in [0.1, 0.15) is 11.3 Å². The van der Waals surface area contributed by atoms with Gasteiger partial charge < -0.3 is 4.90 Å². The minimum atomic E-state index is -0.344. The van der Waals surface area contributed by atoms with E-state index in [4.69, 9.17) is 0 Å². The molecular formula is C21H16FN3. The predicted octanol–water partition coefficient (Wildman–Crippen LogP) is 5.15. The predicted molar refractivity (Wildman–Crippen MR) is 99.6 cm³/mol. The van der Waals surface area contributed by atoms with Crippen LogP contribution in [0.4, 0.5) is 10.2 Å². The van der Waals surface area contributed by atoms with Crippen LogP contribution in [0, 0.1) is 12.7 Å². The highest BCUT2D eigenvalue weighted by molar-refractivity contribution is 5.84. The van der Waals surface area contributed by atoms with E-state index < -0.39 is 0 Å². The largest absolute Gasteiger partial charge is 0.309 e. The van der Waals surface area contributed by atoms with Gasteiger partial charge >= 0.3 is 0 Å². The molecule has 25 heavy (non-hydrogen) atoms. The Labute approximate surface area is 145 Å². The lowest BCUT2D eigenvalue weighted by molar-refractivity contribution is 0.639. The van der Waals surface area contributed by atoms with E-state index in [0.717, 1.165) is 16.7 Å². The van der Waals surface area contributed by atoms with Crippen molar-refractivity contribution in [2.45, 2.75) is 6.92 Å². The molecule has 0 saturated heterocycles. The number of fused-ring (bicyclic) bond motifs is 1. The maximum Gasteiger partial charge on any atom is 0.158 e. The number of nitrogens with zero attached hydrogens (tertiary/aromatic N) is 3. The Morgan fingerprint density at radius 1 is 0.960 bits per heavy atom. The fourth-order valence-corrected chi connectivity index (χ4v) is 2.78. The third kappa shape index (κ3) is 2.83. The van der Waals surface area contributed by atoms with E-state index >= 15 is 4.39 Å². The molecule has 4 heteroatoms. The summed E-state index contributed by atoms with van der Waals surface area (Å²) in [6.07, 6.45) is 7.57. The van der Waals surface area contributed by atoms with Crippen molar-refractivity contribution >= 4 is 16.7 Å². The second kappa shape index (κ2) is 5.98. The lowest BCUT2D eigenvalue weighted by atomic mass is 10.1. The maximum absolute atomic E-state index is 15.0. The standard InChI is InChI=1S/C21H16FN3/c1-14-10-12-25(13-11-14)19-5-3-4-18(24-19)17-9-8-16-7-6-15(2)23-21(16)20(17)22/h3-13H,1H2,2H3. The topological polar surface area (TPSA) is 29.0 Å². The van der Waals surface area contributed by atoms with Crippen molar-refractivity contribution in [2.75, 3.05) is 4.90 Å². The molecule has 3 nitrogen and oxygen atoms in total. The third-order valence-corrected chi connectivity index (χ3v) is 4.11. The molecule has 4 rings (SSSR count). The van der Waals surface area contributed by atoms with Crippen molar-refractivity contribution < 1.29 is 4.39 Å². The first-order valence-electron chi connectivity index (χ1n) is 7.99. The van der Waals surface area contributed by atoms with Crippen LogP contribution in [0.1, 0.15) is 5.69 Å². The molecule has 0 saturated carbocycles. The van der Waals surface area contributed by atoms with Crippen LogP contribution in [0.3, 0.4) is 0 Å². The van der Waals surface area contributed by atoms with Gasteiger partial charge in [0, 0.05) is 29.0 Å². The number of hydrogen-bond acceptors (Lipinski definition) is 3. The highest BCUT2D eigenvalue weighted by Gasteiger charge is 2.13. The zero-order valence-electron chi connectivity index (χ0n) is 13.8. The smallest absolute Gasteiger partial charge is 0.158 e. The van der Waals surface area contributed by atoms with Crippen LogP contribution in [-0.2, 0) is 0 Å². The summed E-state index contributed by atoms with van der Waals surface area (Å²) in [5.74, 6) is 0.373. The molecule has 122 valence electrons. The summed E-state index contributed by atoms with van der Waals surface area (Å²) in [5.41, 5.74) is 3.11. The quantitative estimate of drug-likeness (QED) is 0.651. The van der Waals surface area contributed by atoms with E-state index in [9.17, 15) is 0 Å². The number of hydrogen-bond donors (Lipinski definition) is 0. The number of aromatic nitrogens is 2. The highest BCUT2D eigenvalue weighted by Crippen LogP contribution is 2.29. The Morgan fingerprint density at radius 3 is 2.52 bits per heavy atom. The second-order valence-corrected chi connectivity index (χ2v) is 5.95. The molecule has 1 aliphatic rings. The molecule has 0 N–H and O–H groups in total. The van der Waals surface area contributed by atoms with Crippen LogP contribution in [0.15, 0.2) is 79.2 Å². The summed E-state index contributed by atoms with van der Waals surface area (Å²) in [6.45, 7) is 5.73. The third-order valence-electron chi connectivity index (χ3n) is 4.11. The Hall–Kier alpha value is -3.27. The van der Waals surface area contributed by atoms with E-state index in [-0.39, 0.29) is 5.82 Å². The average Bonchev–Trinajstić information content (AvgIpc) is 2.63. The Bertz CT molecular complexity index is 1030. The molecule has 3 aromatic rings. The van der Waals surface area contributed by atoms with Crippen LogP contribution < -0.4 is 4.90 Å². The molecule has 0 atom stereocenters. The SMILES string of the molecule is C=C1C=CN(c2cccc(-c3ccc4ccc(C)nc4c3F)n2)C=C1. The summed E-state index contributed by atoms with van der Waals surface area (Å²) in [6, 6.07) is 12.9. The fourth-order valence-electron chi connectivity index (χ4n) is 2.78. The van der Waals surface area contributed by atoms with E-state index in [1.54, 1.807) is 12.1 Å². The van der Waals surface area contributed by atoms with Crippen molar-refractivity contribution in [3.63, 3.8) is 0 Å². The Kier molecular flexibility index (Phi) is 3.65. The summed E-state index contributed by atoms with van der Waals surface area (Å²) in [7, 11) is 0. The van der Waals surface area contributed by atoms with E-state index in [1.807, 2.05) is 66.7 Å². The van der Waals surface area contributed by atoms with Crippen LogP contribution in [0.25, 0.3) is 22.2 Å². The van der Waals surface area contributed by atoms with Crippen LogP contribution in [0.5, 0.6) is 0 Å². The zero-order chi connectivity index (χ0) is 17.4. The number of rotatable bonds is 2. The fraction of sp³-hybridized carbons (Fsp3) is 0.0476. The van der Waals surface area contributed by atoms with Crippen LogP contribution in [0.2, 0.25) is 0 Å². The molecule has 2 aromatic heterocycles. The molecule has 3 heterocycles. The molecule has 1 aromatic carbocycles. The van der Waals surface area contributed by atoms with Gasteiger partial charge in [-0.25, -0.2) is 9.37 Å². The van der Waals surface area contributed by atoms with E-state index in [0.29, 0.717) is 22.6 Å². The van der Waals surface area contributed by atoms with Gasteiger partial charge in [0.25, 0.3) is 0 Å². The van der Waals surface area contributed by atoms with Crippen molar-refractivity contribution in [1.82, 2.24) is 9.97 Å². The van der Waals surface area contributed by atoms with Gasteiger partial charge in [-0.05, 0) is 48.9 Å². The van der Waals surface area contributed by atoms with E-state index in [2.05, 4.69) is 16.5 Å². The van der Waals surface area contributed by atoms with Crippen LogP contribution in [-0.4, -0.2) is 9.97 Å². The van der Waals surface area contributed by atoms with Gasteiger partial charge in [-0.2, -0.15) is 0 Å². The molecule has 0 unspecified atom stereocenters. The van der Waals surface area contributed by atoms with Gasteiger partial charge in [0.2, 0.25) is 0 Å². The number of pyridine rings is 2. The molecule has 0 spiro atoms. The monoisotopic (exact) mass is 329 g/mol. The number of allylic oxidation sites excluding steroid dienone is 3. The summed E-state index contributed by atoms with van der Waals surface area (Å²) in [4.78, 5) is 10.8. The van der Waals surface area contributed by atoms with Gasteiger partial charge in [-0.15, -0.1) is 0 Å². The minimum absolute atomic E-state index is 0.344. The first kappa shape index (κ1) is 15.3. The van der Waals surface area contributed by atoms with Crippen molar-refractivity contribution in [2.24, 2.45) is 0 Å². The van der Waals surface area contributed by atoms with Gasteiger partial charge in [0.15, 0.2) is 5.82 Å². The first-order chi connectivity index (χ1) is 12.1. The second-order valence-electron chi connectivity index (χ2n) is 5.95. The van der Waals surface area contributed by atoms with E-state index in [1.165, 1.54) is 0 Å². The highest BCUT2D eigenvalue weighted by atomic mass is 19.1. The number of aryl methyl sites for hydroxylation is 1. The molecule has 0 fully saturated rings. The molecule has 0 aliphatic carbocycles. The Morgan fingerprint density at radius 2 is 1.72 bits per heavy atom. The normalized spacial score (nSPS) is 13.7. The van der Waals surface area contributed by atoms with Gasteiger partial charge in [-0.3, -0.25) is 4.98 Å². The minimum Gasteiger partial charge on any atom is -0.309 e. The van der Waals surface area contributed by atoms with Crippen molar-refractivity contribution in [3.8, 4) is 11.3 Å². The lowest BCUT2D eigenvalue weighted by Crippen LogP contribution is -2.11. The zero-order valence-corrected chi connectivity index (χ0v) is 13.8. The molecule has 0 amide bonds. The summed E-state index contributed by atoms with van der Waals surface area (Å²) in [5, 5.41) is 0.781. The average molecular weight is 329 g/mol. The van der Waals surface area contributed by atoms with Crippen molar-refractivity contribution in [1.29, 1.82) is 0 Å². The number of halogens is 1. The lowest BCUT2D eigenvalue weighted by Gasteiger charge is -2.18. The molecule has 1 aliphatic heterocycles. The van der Waals surface area contributed by atoms with Gasteiger partial charge in [-0.1, -0.05) is 24.8 Å². The first-order valence-corrected chi connectivity index (χ1v) is 7.99. The number of benzene rings is 1. The maximum atomic E-state index is 15.0. The Balaban J connectivity index is 1.80.